The summed E-state index contributed by atoms with van der Waals surface area (Å²) in [5, 5.41) is 12.3. The first-order chi connectivity index (χ1) is 7.25. The van der Waals surface area contributed by atoms with Crippen molar-refractivity contribution >= 4 is 11.7 Å². The Morgan fingerprint density at radius 2 is 2.20 bits per heavy atom. The summed E-state index contributed by atoms with van der Waals surface area (Å²) >= 11 is 0. The van der Waals surface area contributed by atoms with Crippen molar-refractivity contribution in [2.45, 2.75) is 31.8 Å². The SMILES string of the molecule is O=C1CCC(O)CCc2cccnc2N1. The molecule has 1 aromatic rings. The first-order valence-electron chi connectivity index (χ1n) is 5.17. The van der Waals surface area contributed by atoms with E-state index in [-0.39, 0.29) is 12.0 Å². The van der Waals surface area contributed by atoms with Gasteiger partial charge in [0.25, 0.3) is 0 Å². The van der Waals surface area contributed by atoms with Crippen molar-refractivity contribution in [2.75, 3.05) is 5.32 Å². The number of fused-ring (bicyclic) bond motifs is 1. The van der Waals surface area contributed by atoms with Crippen LogP contribution in [0.1, 0.15) is 24.8 Å². The lowest BCUT2D eigenvalue weighted by molar-refractivity contribution is -0.116. The largest absolute Gasteiger partial charge is 0.393 e. The van der Waals surface area contributed by atoms with Gasteiger partial charge in [-0.1, -0.05) is 6.07 Å². The van der Waals surface area contributed by atoms with Gasteiger partial charge in [0.05, 0.1) is 6.10 Å². The molecule has 15 heavy (non-hydrogen) atoms. The summed E-state index contributed by atoms with van der Waals surface area (Å²) in [6.07, 6.45) is 3.60. The summed E-state index contributed by atoms with van der Waals surface area (Å²) < 4.78 is 0. The lowest BCUT2D eigenvalue weighted by Gasteiger charge is -2.07. The molecule has 0 aliphatic carbocycles. The minimum absolute atomic E-state index is 0.0732. The van der Waals surface area contributed by atoms with Crippen molar-refractivity contribution in [3.05, 3.63) is 23.9 Å². The fourth-order valence-electron chi connectivity index (χ4n) is 1.71. The van der Waals surface area contributed by atoms with Crippen LogP contribution in [0.25, 0.3) is 0 Å². The number of nitrogens with one attached hydrogen (secondary N) is 1. The molecule has 2 N–H and O–H groups in total. The van der Waals surface area contributed by atoms with E-state index in [1.807, 2.05) is 12.1 Å². The molecule has 0 saturated carbocycles. The third kappa shape index (κ3) is 2.53. The highest BCUT2D eigenvalue weighted by Gasteiger charge is 2.14. The van der Waals surface area contributed by atoms with Gasteiger partial charge in [0, 0.05) is 12.6 Å². The summed E-state index contributed by atoms with van der Waals surface area (Å²) in [5.41, 5.74) is 0.992. The van der Waals surface area contributed by atoms with Crippen LogP contribution in [-0.2, 0) is 11.2 Å². The van der Waals surface area contributed by atoms with E-state index in [9.17, 15) is 9.90 Å². The molecule has 1 atom stereocenters. The fraction of sp³-hybridized carbons (Fsp3) is 0.455. The maximum absolute atomic E-state index is 11.4. The maximum Gasteiger partial charge on any atom is 0.225 e. The minimum Gasteiger partial charge on any atom is -0.393 e. The smallest absolute Gasteiger partial charge is 0.225 e. The molecule has 0 saturated heterocycles. The van der Waals surface area contributed by atoms with Crippen LogP contribution in [0.2, 0.25) is 0 Å². The van der Waals surface area contributed by atoms with Gasteiger partial charge < -0.3 is 10.4 Å². The lowest BCUT2D eigenvalue weighted by atomic mass is 10.1. The minimum atomic E-state index is -0.387. The van der Waals surface area contributed by atoms with Crippen molar-refractivity contribution in [2.24, 2.45) is 0 Å². The second-order valence-corrected chi connectivity index (χ2v) is 3.79. The maximum atomic E-state index is 11.4. The molecule has 0 bridgehead atoms. The van der Waals surface area contributed by atoms with Crippen LogP contribution >= 0.6 is 0 Å². The molecule has 1 unspecified atom stereocenters. The van der Waals surface area contributed by atoms with Crippen molar-refractivity contribution in [3.8, 4) is 0 Å². The predicted octanol–water partition coefficient (Wildman–Crippen LogP) is 1.11. The van der Waals surface area contributed by atoms with Gasteiger partial charge in [-0.25, -0.2) is 4.98 Å². The molecule has 1 aromatic heterocycles. The molecule has 80 valence electrons. The molecule has 4 heteroatoms. The van der Waals surface area contributed by atoms with Crippen LogP contribution < -0.4 is 5.32 Å². The van der Waals surface area contributed by atoms with Gasteiger partial charge in [0.2, 0.25) is 5.91 Å². The Hall–Kier alpha value is -1.42. The van der Waals surface area contributed by atoms with Gasteiger partial charge in [0.1, 0.15) is 5.82 Å². The second kappa shape index (κ2) is 4.40. The molecular weight excluding hydrogens is 192 g/mol. The van der Waals surface area contributed by atoms with E-state index in [1.54, 1.807) is 6.20 Å². The van der Waals surface area contributed by atoms with Gasteiger partial charge in [-0.3, -0.25) is 4.79 Å². The van der Waals surface area contributed by atoms with Gasteiger partial charge in [-0.2, -0.15) is 0 Å². The quantitative estimate of drug-likeness (QED) is 0.668. The number of hydrogen-bond acceptors (Lipinski definition) is 3. The van der Waals surface area contributed by atoms with Crippen LogP contribution in [-0.4, -0.2) is 22.1 Å². The highest BCUT2D eigenvalue weighted by Crippen LogP contribution is 2.18. The van der Waals surface area contributed by atoms with E-state index in [1.165, 1.54) is 0 Å². The number of nitrogens with zero attached hydrogens (tertiary/aromatic N) is 1. The van der Waals surface area contributed by atoms with Crippen molar-refractivity contribution in [1.82, 2.24) is 4.98 Å². The fourth-order valence-corrected chi connectivity index (χ4v) is 1.71. The van der Waals surface area contributed by atoms with Gasteiger partial charge in [0.15, 0.2) is 0 Å². The summed E-state index contributed by atoms with van der Waals surface area (Å²) in [4.78, 5) is 15.6. The number of aromatic nitrogens is 1. The lowest BCUT2D eigenvalue weighted by Crippen LogP contribution is -2.14. The number of hydrogen-bond donors (Lipinski definition) is 2. The molecule has 2 heterocycles. The third-order valence-corrected chi connectivity index (χ3v) is 2.60. The number of aliphatic hydroxyl groups excluding tert-OH is 1. The molecular formula is C11H14N2O2. The van der Waals surface area contributed by atoms with E-state index in [0.29, 0.717) is 25.1 Å². The average molecular weight is 206 g/mol. The Bertz CT molecular complexity index is 365. The number of amides is 1. The topological polar surface area (TPSA) is 62.2 Å². The number of carbonyl (C=O) groups excluding carboxylic acids is 1. The van der Waals surface area contributed by atoms with Crippen LogP contribution in [0.15, 0.2) is 18.3 Å². The normalized spacial score (nSPS) is 21.9. The highest BCUT2D eigenvalue weighted by molar-refractivity contribution is 5.90. The van der Waals surface area contributed by atoms with Crippen LogP contribution in [0, 0.1) is 0 Å². The molecule has 0 fully saturated rings. The molecule has 2 rings (SSSR count). The molecule has 0 spiro atoms. The van der Waals surface area contributed by atoms with Crippen molar-refractivity contribution in [1.29, 1.82) is 0 Å². The van der Waals surface area contributed by atoms with Crippen LogP contribution in [0.4, 0.5) is 5.82 Å². The Morgan fingerprint density at radius 3 is 3.07 bits per heavy atom. The molecule has 0 radical (unpaired) electrons. The number of aliphatic hydroxyl groups is 1. The Balaban J connectivity index is 2.25. The van der Waals surface area contributed by atoms with Crippen LogP contribution in [0.5, 0.6) is 0 Å². The number of pyridine rings is 1. The molecule has 4 nitrogen and oxygen atoms in total. The zero-order chi connectivity index (χ0) is 10.7. The Morgan fingerprint density at radius 1 is 1.40 bits per heavy atom. The van der Waals surface area contributed by atoms with E-state index < -0.39 is 0 Å². The van der Waals surface area contributed by atoms with Crippen molar-refractivity contribution < 1.29 is 9.90 Å². The third-order valence-electron chi connectivity index (χ3n) is 2.60. The standard InChI is InChI=1S/C11H14N2O2/c14-9-4-3-8-2-1-7-12-11(8)13-10(15)6-5-9/h1-2,7,9,14H,3-6H2,(H,12,13,15). The van der Waals surface area contributed by atoms with Gasteiger partial charge in [-0.15, -0.1) is 0 Å². The van der Waals surface area contributed by atoms with E-state index >= 15 is 0 Å². The summed E-state index contributed by atoms with van der Waals surface area (Å²) in [6, 6.07) is 3.77. The monoisotopic (exact) mass is 206 g/mol. The number of carbonyl (C=O) groups is 1. The van der Waals surface area contributed by atoms with E-state index in [2.05, 4.69) is 10.3 Å². The predicted molar refractivity (Wildman–Crippen MR) is 56.4 cm³/mol. The van der Waals surface area contributed by atoms with Crippen LogP contribution in [0.3, 0.4) is 0 Å². The van der Waals surface area contributed by atoms with E-state index in [0.717, 1.165) is 12.0 Å². The van der Waals surface area contributed by atoms with Gasteiger partial charge >= 0.3 is 0 Å². The highest BCUT2D eigenvalue weighted by atomic mass is 16.3. The summed E-state index contributed by atoms with van der Waals surface area (Å²) in [7, 11) is 0. The summed E-state index contributed by atoms with van der Waals surface area (Å²) in [5.74, 6) is 0.563. The molecule has 1 amide bonds. The Labute approximate surface area is 88.3 Å². The average Bonchev–Trinajstić information content (AvgIpc) is 2.30. The first-order valence-corrected chi connectivity index (χ1v) is 5.17. The Kier molecular flexibility index (Phi) is 2.97. The van der Waals surface area contributed by atoms with Gasteiger partial charge in [-0.05, 0) is 30.9 Å². The van der Waals surface area contributed by atoms with Crippen molar-refractivity contribution in [3.63, 3.8) is 0 Å². The van der Waals surface area contributed by atoms with E-state index in [4.69, 9.17) is 0 Å². The molecule has 0 aromatic carbocycles. The molecule has 1 aliphatic rings. The summed E-state index contributed by atoms with van der Waals surface area (Å²) in [6.45, 7) is 0. The number of anilines is 1. The second-order valence-electron chi connectivity index (χ2n) is 3.79. The number of rotatable bonds is 0. The number of aryl methyl sites for hydroxylation is 1. The molecule has 1 aliphatic heterocycles. The zero-order valence-corrected chi connectivity index (χ0v) is 8.44. The zero-order valence-electron chi connectivity index (χ0n) is 8.44. The first kappa shape index (κ1) is 10.1.